The van der Waals surface area contributed by atoms with Crippen LogP contribution < -0.4 is 4.74 Å². The van der Waals surface area contributed by atoms with E-state index in [0.717, 1.165) is 13.1 Å². The van der Waals surface area contributed by atoms with E-state index in [4.69, 9.17) is 4.74 Å². The number of aromatic nitrogens is 1. The van der Waals surface area contributed by atoms with Crippen LogP contribution in [0.3, 0.4) is 0 Å². The highest BCUT2D eigenvalue weighted by molar-refractivity contribution is 5.78. The smallest absolute Gasteiger partial charge is 0.260 e. The number of carbonyl (C=O) groups is 1. The fraction of sp³-hybridized carbons (Fsp3) is 0.333. The molecule has 1 aliphatic heterocycles. The molecular formula is C18H21N3O2. The predicted molar refractivity (Wildman–Crippen MR) is 88.1 cm³/mol. The number of hydrogen-bond acceptors (Lipinski definition) is 4. The Bertz CT molecular complexity index is 633. The minimum atomic E-state index is 0.0166. The van der Waals surface area contributed by atoms with Crippen LogP contribution in [-0.2, 0) is 4.79 Å². The van der Waals surface area contributed by atoms with Gasteiger partial charge in [0.05, 0.1) is 12.2 Å². The summed E-state index contributed by atoms with van der Waals surface area (Å²) in [4.78, 5) is 20.6. The molecule has 1 amide bonds. The van der Waals surface area contributed by atoms with E-state index < -0.39 is 0 Å². The summed E-state index contributed by atoms with van der Waals surface area (Å²) >= 11 is 0. The number of hydrogen-bond donors (Lipinski definition) is 0. The van der Waals surface area contributed by atoms with E-state index in [2.05, 4.69) is 29.1 Å². The van der Waals surface area contributed by atoms with E-state index in [1.54, 1.807) is 24.5 Å². The average molecular weight is 311 g/mol. The maximum absolute atomic E-state index is 12.4. The van der Waals surface area contributed by atoms with Crippen molar-refractivity contribution in [3.05, 3.63) is 60.4 Å². The lowest BCUT2D eigenvalue weighted by Gasteiger charge is -2.39. The zero-order valence-electron chi connectivity index (χ0n) is 13.3. The van der Waals surface area contributed by atoms with Crippen LogP contribution in [0.2, 0.25) is 0 Å². The average Bonchev–Trinajstić information content (AvgIpc) is 2.62. The highest BCUT2D eigenvalue weighted by atomic mass is 16.5. The Labute approximate surface area is 136 Å². The van der Waals surface area contributed by atoms with Gasteiger partial charge in [0.2, 0.25) is 0 Å². The Hall–Kier alpha value is -2.40. The van der Waals surface area contributed by atoms with Crippen molar-refractivity contribution < 1.29 is 9.53 Å². The number of carbonyl (C=O) groups excluding carboxylic acids is 1. The van der Waals surface area contributed by atoms with Crippen molar-refractivity contribution in [2.45, 2.75) is 6.04 Å². The van der Waals surface area contributed by atoms with E-state index in [1.807, 2.05) is 23.1 Å². The molecule has 120 valence electrons. The first kappa shape index (κ1) is 15.5. The molecule has 2 heterocycles. The van der Waals surface area contributed by atoms with Crippen molar-refractivity contribution in [3.8, 4) is 5.75 Å². The van der Waals surface area contributed by atoms with E-state index in [-0.39, 0.29) is 18.6 Å². The van der Waals surface area contributed by atoms with E-state index >= 15 is 0 Å². The number of amides is 1. The molecule has 1 aromatic carbocycles. The van der Waals surface area contributed by atoms with Crippen LogP contribution in [0.1, 0.15) is 11.6 Å². The van der Waals surface area contributed by atoms with Gasteiger partial charge in [0.1, 0.15) is 5.75 Å². The number of benzene rings is 1. The molecule has 1 fully saturated rings. The van der Waals surface area contributed by atoms with Crippen LogP contribution in [0.4, 0.5) is 0 Å². The highest BCUT2D eigenvalue weighted by Crippen LogP contribution is 2.23. The van der Waals surface area contributed by atoms with E-state index in [1.165, 1.54) is 5.56 Å². The number of rotatable bonds is 4. The minimum Gasteiger partial charge on any atom is -0.482 e. The Balaban J connectivity index is 1.60. The first-order valence-electron chi connectivity index (χ1n) is 7.80. The molecule has 0 radical (unpaired) electrons. The molecule has 0 aliphatic carbocycles. The summed E-state index contributed by atoms with van der Waals surface area (Å²) in [6, 6.07) is 14.1. The van der Waals surface area contributed by atoms with Crippen LogP contribution in [0.15, 0.2) is 54.9 Å². The Morgan fingerprint density at radius 3 is 2.78 bits per heavy atom. The second kappa shape index (κ2) is 7.24. The third-order valence-electron chi connectivity index (χ3n) is 4.18. The normalized spacial score (nSPS) is 18.7. The standard InChI is InChI=1S/C18H21N3O2/c1-20-10-11-21(13-17(20)15-6-3-2-4-7-15)18(22)14-23-16-8-5-9-19-12-16/h2-9,12,17H,10-11,13-14H2,1H3. The Morgan fingerprint density at radius 1 is 1.22 bits per heavy atom. The number of piperazine rings is 1. The Kier molecular flexibility index (Phi) is 4.88. The molecule has 1 saturated heterocycles. The van der Waals surface area contributed by atoms with Gasteiger partial charge in [0.25, 0.3) is 5.91 Å². The van der Waals surface area contributed by atoms with Gasteiger partial charge in [0.15, 0.2) is 6.61 Å². The lowest BCUT2D eigenvalue weighted by Crippen LogP contribution is -2.50. The molecule has 0 N–H and O–H groups in total. The molecule has 5 heteroatoms. The van der Waals surface area contributed by atoms with E-state index in [9.17, 15) is 4.79 Å². The molecule has 3 rings (SSSR count). The van der Waals surface area contributed by atoms with Gasteiger partial charge in [-0.15, -0.1) is 0 Å². The molecule has 1 aliphatic rings. The summed E-state index contributed by atoms with van der Waals surface area (Å²) in [5.41, 5.74) is 1.24. The maximum atomic E-state index is 12.4. The van der Waals surface area contributed by atoms with Crippen LogP contribution in [0, 0.1) is 0 Å². The van der Waals surface area contributed by atoms with Gasteiger partial charge in [0, 0.05) is 25.8 Å². The second-order valence-electron chi connectivity index (χ2n) is 5.72. The summed E-state index contributed by atoms with van der Waals surface area (Å²) in [6.45, 7) is 2.33. The summed E-state index contributed by atoms with van der Waals surface area (Å²) in [5.74, 6) is 0.637. The van der Waals surface area contributed by atoms with Gasteiger partial charge in [-0.05, 0) is 24.7 Å². The molecule has 1 atom stereocenters. The van der Waals surface area contributed by atoms with E-state index in [0.29, 0.717) is 12.3 Å². The molecule has 0 spiro atoms. The number of pyridine rings is 1. The molecule has 1 aromatic heterocycles. The first-order chi connectivity index (χ1) is 11.2. The highest BCUT2D eigenvalue weighted by Gasteiger charge is 2.28. The predicted octanol–water partition coefficient (Wildman–Crippen LogP) is 1.98. The van der Waals surface area contributed by atoms with Crippen LogP contribution >= 0.6 is 0 Å². The van der Waals surface area contributed by atoms with Crippen molar-refractivity contribution in [1.29, 1.82) is 0 Å². The number of likely N-dealkylation sites (N-methyl/N-ethyl adjacent to an activating group) is 1. The number of nitrogens with zero attached hydrogens (tertiary/aromatic N) is 3. The molecule has 0 bridgehead atoms. The molecule has 1 unspecified atom stereocenters. The van der Waals surface area contributed by atoms with Crippen LogP contribution in [-0.4, -0.2) is 54.0 Å². The fourth-order valence-electron chi connectivity index (χ4n) is 2.80. The first-order valence-corrected chi connectivity index (χ1v) is 7.80. The van der Waals surface area contributed by atoms with Gasteiger partial charge in [-0.2, -0.15) is 0 Å². The monoisotopic (exact) mass is 311 g/mol. The molecule has 23 heavy (non-hydrogen) atoms. The van der Waals surface area contributed by atoms with Crippen molar-refractivity contribution in [2.24, 2.45) is 0 Å². The van der Waals surface area contributed by atoms with Gasteiger partial charge in [-0.3, -0.25) is 14.7 Å². The lowest BCUT2D eigenvalue weighted by molar-refractivity contribution is -0.136. The minimum absolute atomic E-state index is 0.0166. The lowest BCUT2D eigenvalue weighted by atomic mass is 10.0. The van der Waals surface area contributed by atoms with Gasteiger partial charge in [-0.25, -0.2) is 0 Å². The fourth-order valence-corrected chi connectivity index (χ4v) is 2.80. The van der Waals surface area contributed by atoms with Gasteiger partial charge < -0.3 is 9.64 Å². The van der Waals surface area contributed by atoms with Crippen molar-refractivity contribution in [2.75, 3.05) is 33.3 Å². The van der Waals surface area contributed by atoms with Crippen molar-refractivity contribution in [1.82, 2.24) is 14.8 Å². The second-order valence-corrected chi connectivity index (χ2v) is 5.72. The largest absolute Gasteiger partial charge is 0.482 e. The summed E-state index contributed by atoms with van der Waals surface area (Å²) in [6.07, 6.45) is 3.30. The summed E-state index contributed by atoms with van der Waals surface area (Å²) in [7, 11) is 2.10. The third kappa shape index (κ3) is 3.87. The van der Waals surface area contributed by atoms with Crippen LogP contribution in [0.5, 0.6) is 5.75 Å². The Morgan fingerprint density at radius 2 is 2.04 bits per heavy atom. The SMILES string of the molecule is CN1CCN(C(=O)COc2cccnc2)CC1c1ccccc1. The third-order valence-corrected chi connectivity index (χ3v) is 4.18. The van der Waals surface area contributed by atoms with Crippen LogP contribution in [0.25, 0.3) is 0 Å². The van der Waals surface area contributed by atoms with Crippen molar-refractivity contribution in [3.63, 3.8) is 0 Å². The summed E-state index contributed by atoms with van der Waals surface area (Å²) in [5, 5.41) is 0. The van der Waals surface area contributed by atoms with Gasteiger partial charge in [-0.1, -0.05) is 30.3 Å². The quantitative estimate of drug-likeness (QED) is 0.866. The summed E-state index contributed by atoms with van der Waals surface area (Å²) < 4.78 is 5.52. The van der Waals surface area contributed by atoms with Gasteiger partial charge >= 0.3 is 0 Å². The molecule has 2 aromatic rings. The zero-order chi connectivity index (χ0) is 16.1. The molecular weight excluding hydrogens is 290 g/mol. The number of ether oxygens (including phenoxy) is 1. The molecule has 5 nitrogen and oxygen atoms in total. The molecule has 0 saturated carbocycles. The zero-order valence-corrected chi connectivity index (χ0v) is 13.3. The topological polar surface area (TPSA) is 45.7 Å². The van der Waals surface area contributed by atoms with Crippen molar-refractivity contribution >= 4 is 5.91 Å². The maximum Gasteiger partial charge on any atom is 0.260 e.